The van der Waals surface area contributed by atoms with E-state index in [1.165, 1.54) is 60.3 Å². The molecule has 0 unspecified atom stereocenters. The van der Waals surface area contributed by atoms with Crippen LogP contribution in [0.1, 0.15) is 31.8 Å². The second kappa shape index (κ2) is 10.6. The van der Waals surface area contributed by atoms with Gasteiger partial charge in [-0.25, -0.2) is 9.59 Å². The summed E-state index contributed by atoms with van der Waals surface area (Å²) in [7, 11) is 5.20. The average molecular weight is 540 g/mol. The highest BCUT2D eigenvalue weighted by molar-refractivity contribution is 6.04. The zero-order valence-electron chi connectivity index (χ0n) is 20.6. The van der Waals surface area contributed by atoms with Crippen molar-refractivity contribution in [2.45, 2.75) is 12.4 Å². The van der Waals surface area contributed by atoms with Crippen LogP contribution in [0.2, 0.25) is 0 Å². The van der Waals surface area contributed by atoms with Crippen molar-refractivity contribution in [1.29, 1.82) is 0 Å². The molecule has 38 heavy (non-hydrogen) atoms. The Morgan fingerprint density at radius 3 is 1.13 bits per heavy atom. The van der Waals surface area contributed by atoms with E-state index in [0.29, 0.717) is 0 Å². The summed E-state index contributed by atoms with van der Waals surface area (Å²) in [5, 5.41) is 0. The minimum absolute atomic E-state index is 0.0590. The van der Waals surface area contributed by atoms with E-state index >= 15 is 0 Å². The van der Waals surface area contributed by atoms with Gasteiger partial charge in [-0.05, 0) is 60.7 Å². The van der Waals surface area contributed by atoms with Crippen molar-refractivity contribution in [3.63, 3.8) is 0 Å². The topological polar surface area (TPSA) is 59.1 Å². The number of rotatable bonds is 6. The van der Waals surface area contributed by atoms with Gasteiger partial charge < -0.3 is 19.3 Å². The second-order valence-corrected chi connectivity index (χ2v) is 8.08. The van der Waals surface area contributed by atoms with Gasteiger partial charge in [0.15, 0.2) is 0 Å². The zero-order chi connectivity index (χ0) is 28.4. The number of benzene rings is 3. The molecule has 0 heterocycles. The highest BCUT2D eigenvalue weighted by Gasteiger charge is 2.32. The summed E-state index contributed by atoms with van der Waals surface area (Å²) in [4.78, 5) is 28.2. The summed E-state index contributed by atoms with van der Waals surface area (Å²) >= 11 is 0. The number of halogens is 6. The van der Waals surface area contributed by atoms with Crippen LogP contribution in [-0.2, 0) is 21.8 Å². The number of ether oxygens (including phenoxy) is 2. The number of nitrogens with zero attached hydrogens (tertiary/aromatic N) is 2. The molecule has 0 aliphatic heterocycles. The van der Waals surface area contributed by atoms with E-state index in [1.807, 2.05) is 0 Å². The number of methoxy groups -OCH3 is 2. The van der Waals surface area contributed by atoms with E-state index in [2.05, 4.69) is 0 Å². The fourth-order valence-electron chi connectivity index (χ4n) is 3.70. The standard InChI is InChI=1S/C26H22F6N2O4/c1-33(17-9-5-15(6-10-17)25(27,28)29)21-13-20(24(36)38-4)22(14-19(21)23(35)37-3)34(2)18-11-7-16(8-12-18)26(30,31)32/h5-14H,1-4H3. The van der Waals surface area contributed by atoms with Crippen molar-refractivity contribution in [3.05, 3.63) is 82.9 Å². The lowest BCUT2D eigenvalue weighted by molar-refractivity contribution is -0.138. The van der Waals surface area contributed by atoms with Gasteiger partial charge in [-0.3, -0.25) is 0 Å². The molecule has 3 aromatic carbocycles. The Morgan fingerprint density at radius 1 is 0.605 bits per heavy atom. The molecule has 0 aromatic heterocycles. The lowest BCUT2D eigenvalue weighted by Crippen LogP contribution is -2.20. The Labute approximate surface area is 214 Å². The molecule has 202 valence electrons. The minimum atomic E-state index is -4.54. The van der Waals surface area contributed by atoms with Gasteiger partial charge >= 0.3 is 24.3 Å². The molecule has 0 spiro atoms. The lowest BCUT2D eigenvalue weighted by Gasteiger charge is -2.27. The number of alkyl halides is 6. The SMILES string of the molecule is COC(=O)c1cc(N(C)c2ccc(C(F)(F)F)cc2)c(C(=O)OC)cc1N(C)c1ccc(C(F)(F)F)cc1. The predicted octanol–water partition coefficient (Wildman–Crippen LogP) is 6.83. The fraction of sp³-hybridized carbons (Fsp3) is 0.231. The van der Waals surface area contributed by atoms with Gasteiger partial charge in [0.25, 0.3) is 0 Å². The molecular formula is C26H22F6N2O4. The van der Waals surface area contributed by atoms with Crippen molar-refractivity contribution < 1.29 is 45.4 Å². The molecule has 0 aliphatic rings. The first-order valence-electron chi connectivity index (χ1n) is 10.9. The number of carbonyl (C=O) groups excluding carboxylic acids is 2. The summed E-state index contributed by atoms with van der Waals surface area (Å²) in [6, 6.07) is 10.9. The largest absolute Gasteiger partial charge is 0.465 e. The molecule has 0 bridgehead atoms. The Morgan fingerprint density at radius 2 is 0.895 bits per heavy atom. The van der Waals surface area contributed by atoms with E-state index in [1.54, 1.807) is 0 Å². The van der Waals surface area contributed by atoms with Crippen molar-refractivity contribution in [2.24, 2.45) is 0 Å². The molecule has 3 rings (SSSR count). The number of esters is 2. The molecule has 0 saturated heterocycles. The molecule has 3 aromatic rings. The molecule has 0 fully saturated rings. The van der Waals surface area contributed by atoms with Crippen LogP contribution in [-0.4, -0.2) is 40.3 Å². The maximum atomic E-state index is 13.0. The molecule has 0 saturated carbocycles. The maximum absolute atomic E-state index is 13.0. The van der Waals surface area contributed by atoms with Gasteiger partial charge in [0, 0.05) is 25.5 Å². The summed E-state index contributed by atoms with van der Waals surface area (Å²) in [6.07, 6.45) is -9.09. The van der Waals surface area contributed by atoms with Gasteiger partial charge in [-0.2, -0.15) is 26.3 Å². The first-order chi connectivity index (χ1) is 17.7. The zero-order valence-corrected chi connectivity index (χ0v) is 20.6. The highest BCUT2D eigenvalue weighted by Crippen LogP contribution is 2.38. The van der Waals surface area contributed by atoms with Gasteiger partial charge in [0.05, 0.1) is 47.8 Å². The normalized spacial score (nSPS) is 11.6. The summed E-state index contributed by atoms with van der Waals surface area (Å²) in [6.45, 7) is 0. The third-order valence-electron chi connectivity index (χ3n) is 5.81. The summed E-state index contributed by atoms with van der Waals surface area (Å²) in [5.74, 6) is -1.64. The van der Waals surface area contributed by atoms with Crippen molar-refractivity contribution in [1.82, 2.24) is 0 Å². The Balaban J connectivity index is 2.16. The van der Waals surface area contributed by atoms with Crippen LogP contribution < -0.4 is 9.80 Å². The van der Waals surface area contributed by atoms with E-state index in [-0.39, 0.29) is 33.9 Å². The van der Waals surface area contributed by atoms with Crippen molar-refractivity contribution >= 4 is 34.7 Å². The maximum Gasteiger partial charge on any atom is 0.416 e. The average Bonchev–Trinajstić information content (AvgIpc) is 2.89. The van der Waals surface area contributed by atoms with Crippen LogP contribution >= 0.6 is 0 Å². The van der Waals surface area contributed by atoms with E-state index in [0.717, 1.165) is 38.5 Å². The third-order valence-corrected chi connectivity index (χ3v) is 5.81. The van der Waals surface area contributed by atoms with Crippen molar-refractivity contribution in [3.8, 4) is 0 Å². The van der Waals surface area contributed by atoms with Gasteiger partial charge in [-0.15, -0.1) is 0 Å². The van der Waals surface area contributed by atoms with Crippen LogP contribution in [0.3, 0.4) is 0 Å². The molecule has 0 aliphatic carbocycles. The molecule has 6 nitrogen and oxygen atoms in total. The Bertz CT molecular complexity index is 1220. The van der Waals surface area contributed by atoms with E-state index in [9.17, 15) is 35.9 Å². The van der Waals surface area contributed by atoms with Gasteiger partial charge in [0.1, 0.15) is 0 Å². The van der Waals surface area contributed by atoms with Gasteiger partial charge in [0.2, 0.25) is 0 Å². The monoisotopic (exact) mass is 540 g/mol. The summed E-state index contributed by atoms with van der Waals surface area (Å²) < 4.78 is 87.7. The van der Waals surface area contributed by atoms with Crippen molar-refractivity contribution in [2.75, 3.05) is 38.1 Å². The quantitative estimate of drug-likeness (QED) is 0.252. The van der Waals surface area contributed by atoms with Gasteiger partial charge in [-0.1, -0.05) is 0 Å². The molecule has 12 heteroatoms. The van der Waals surface area contributed by atoms with Crippen LogP contribution in [0.15, 0.2) is 60.7 Å². The van der Waals surface area contributed by atoms with E-state index in [4.69, 9.17) is 9.47 Å². The molecule has 0 N–H and O–H groups in total. The summed E-state index contributed by atoms with van der Waals surface area (Å²) in [5.41, 5.74) is -1.10. The van der Waals surface area contributed by atoms with Crippen LogP contribution in [0.4, 0.5) is 49.1 Å². The third kappa shape index (κ3) is 5.84. The molecular weight excluding hydrogens is 518 g/mol. The lowest BCUT2D eigenvalue weighted by atomic mass is 10.0. The van der Waals surface area contributed by atoms with Crippen LogP contribution in [0.5, 0.6) is 0 Å². The smallest absolute Gasteiger partial charge is 0.416 e. The first kappa shape index (κ1) is 28.4. The van der Waals surface area contributed by atoms with E-state index < -0.39 is 35.4 Å². The highest BCUT2D eigenvalue weighted by atomic mass is 19.4. The first-order valence-corrected chi connectivity index (χ1v) is 10.9. The number of carbonyl (C=O) groups is 2. The minimum Gasteiger partial charge on any atom is -0.465 e. The number of hydrogen-bond donors (Lipinski definition) is 0. The number of anilines is 4. The molecule has 0 amide bonds. The Hall–Kier alpha value is -4.22. The van der Waals surface area contributed by atoms with Crippen LogP contribution in [0, 0.1) is 0 Å². The number of hydrogen-bond acceptors (Lipinski definition) is 6. The fourth-order valence-corrected chi connectivity index (χ4v) is 3.70. The van der Waals surface area contributed by atoms with Crippen LogP contribution in [0.25, 0.3) is 0 Å². The second-order valence-electron chi connectivity index (χ2n) is 8.08. The molecule has 0 radical (unpaired) electrons. The Kier molecular flexibility index (Phi) is 7.94. The molecule has 0 atom stereocenters. The predicted molar refractivity (Wildman–Crippen MR) is 128 cm³/mol.